The van der Waals surface area contributed by atoms with Crippen LogP contribution in [0, 0.1) is 52.3 Å². The van der Waals surface area contributed by atoms with Crippen molar-refractivity contribution in [3.8, 4) is 0 Å². The van der Waals surface area contributed by atoms with Gasteiger partial charge in [-0.3, -0.25) is 4.79 Å². The maximum Gasteiger partial charge on any atom is 0.302 e. The number of allylic oxidation sites excluding steroid dienone is 4. The molecule has 0 unspecified atom stereocenters. The number of rotatable bonds is 5. The van der Waals surface area contributed by atoms with Crippen molar-refractivity contribution < 1.29 is 9.53 Å². The lowest BCUT2D eigenvalue weighted by Crippen LogP contribution is -2.50. The first-order valence-corrected chi connectivity index (χ1v) is 13.6. The van der Waals surface area contributed by atoms with E-state index in [0.717, 1.165) is 36.5 Å². The van der Waals surface area contributed by atoms with E-state index in [1.165, 1.54) is 38.5 Å². The molecule has 180 valence electrons. The van der Waals surface area contributed by atoms with Crippen LogP contribution < -0.4 is 0 Å². The Morgan fingerprint density at radius 3 is 2.38 bits per heavy atom. The van der Waals surface area contributed by atoms with Crippen LogP contribution in [-0.4, -0.2) is 12.1 Å². The number of hydrogen-bond donors (Lipinski definition) is 0. The third kappa shape index (κ3) is 4.14. The minimum atomic E-state index is -0.109. The summed E-state index contributed by atoms with van der Waals surface area (Å²) in [6.45, 7) is 16.3. The quantitative estimate of drug-likeness (QED) is 0.320. The zero-order valence-corrected chi connectivity index (χ0v) is 21.8. The molecule has 3 fully saturated rings. The maximum atomic E-state index is 11.5. The van der Waals surface area contributed by atoms with Crippen LogP contribution in [0.5, 0.6) is 0 Å². The summed E-state index contributed by atoms with van der Waals surface area (Å²) >= 11 is 0. The molecule has 0 aromatic carbocycles. The lowest BCUT2D eigenvalue weighted by molar-refractivity contribution is -0.152. The van der Waals surface area contributed by atoms with E-state index in [1.807, 2.05) is 5.57 Å². The van der Waals surface area contributed by atoms with Crippen LogP contribution in [0.2, 0.25) is 0 Å². The molecule has 0 aromatic rings. The van der Waals surface area contributed by atoms with Gasteiger partial charge in [-0.25, -0.2) is 0 Å². The molecule has 0 aliphatic heterocycles. The van der Waals surface area contributed by atoms with Crippen molar-refractivity contribution in [2.45, 2.75) is 106 Å². The van der Waals surface area contributed by atoms with E-state index in [2.05, 4.69) is 59.8 Å². The fourth-order valence-corrected chi connectivity index (χ4v) is 8.43. The van der Waals surface area contributed by atoms with Gasteiger partial charge in [0.1, 0.15) is 6.10 Å². The molecule has 2 nitrogen and oxygen atoms in total. The predicted octanol–water partition coefficient (Wildman–Crippen LogP) is 7.98. The summed E-state index contributed by atoms with van der Waals surface area (Å²) in [7, 11) is 0. The summed E-state index contributed by atoms with van der Waals surface area (Å²) in [6, 6.07) is 0. The highest BCUT2D eigenvalue weighted by molar-refractivity contribution is 5.66. The first-order valence-electron chi connectivity index (χ1n) is 13.6. The van der Waals surface area contributed by atoms with E-state index in [-0.39, 0.29) is 12.1 Å². The van der Waals surface area contributed by atoms with Crippen LogP contribution in [0.15, 0.2) is 23.8 Å². The van der Waals surface area contributed by atoms with E-state index >= 15 is 0 Å². The number of esters is 1. The van der Waals surface area contributed by atoms with Crippen LogP contribution in [0.25, 0.3) is 0 Å². The second-order valence-corrected chi connectivity index (χ2v) is 12.8. The molecule has 4 aliphatic carbocycles. The fourth-order valence-electron chi connectivity index (χ4n) is 8.43. The highest BCUT2D eigenvalue weighted by Crippen LogP contribution is 2.66. The Hall–Kier alpha value is -1.05. The van der Waals surface area contributed by atoms with Crippen LogP contribution in [-0.2, 0) is 9.53 Å². The molecule has 9 atom stereocenters. The Morgan fingerprint density at radius 2 is 1.69 bits per heavy atom. The van der Waals surface area contributed by atoms with Crippen molar-refractivity contribution in [3.05, 3.63) is 23.8 Å². The molecule has 0 N–H and O–H groups in total. The zero-order valence-electron chi connectivity index (χ0n) is 21.8. The van der Waals surface area contributed by atoms with Gasteiger partial charge in [-0.15, -0.1) is 0 Å². The molecule has 0 spiro atoms. The van der Waals surface area contributed by atoms with E-state index in [1.54, 1.807) is 6.92 Å². The van der Waals surface area contributed by atoms with Gasteiger partial charge in [-0.2, -0.15) is 0 Å². The first-order chi connectivity index (χ1) is 15.1. The third-order valence-electron chi connectivity index (χ3n) is 10.8. The predicted molar refractivity (Wildman–Crippen MR) is 133 cm³/mol. The normalized spacial score (nSPS) is 43.2. The summed E-state index contributed by atoms with van der Waals surface area (Å²) in [5, 5.41) is 0. The average molecular weight is 441 g/mol. The van der Waals surface area contributed by atoms with Crippen molar-refractivity contribution in [2.24, 2.45) is 52.3 Å². The third-order valence-corrected chi connectivity index (χ3v) is 10.8. The molecule has 0 heterocycles. The minimum Gasteiger partial charge on any atom is -0.463 e. The van der Waals surface area contributed by atoms with Crippen LogP contribution in [0.4, 0.5) is 0 Å². The molecular weight excluding hydrogens is 392 g/mol. The second-order valence-electron chi connectivity index (χ2n) is 12.8. The highest BCUT2D eigenvalue weighted by atomic mass is 16.5. The van der Waals surface area contributed by atoms with E-state index in [0.29, 0.717) is 28.6 Å². The zero-order chi connectivity index (χ0) is 23.3. The van der Waals surface area contributed by atoms with Gasteiger partial charge in [0, 0.05) is 6.92 Å². The van der Waals surface area contributed by atoms with Crippen molar-refractivity contribution in [2.75, 3.05) is 0 Å². The average Bonchev–Trinajstić information content (AvgIpc) is 3.08. The fraction of sp³-hybridized carbons (Fsp3) is 0.833. The van der Waals surface area contributed by atoms with Gasteiger partial charge in [0.15, 0.2) is 0 Å². The van der Waals surface area contributed by atoms with Crippen molar-refractivity contribution in [3.63, 3.8) is 0 Å². The van der Waals surface area contributed by atoms with Crippen LogP contribution >= 0.6 is 0 Å². The largest absolute Gasteiger partial charge is 0.463 e. The second kappa shape index (κ2) is 8.95. The Labute approximate surface area is 197 Å². The molecule has 0 bridgehead atoms. The Morgan fingerprint density at radius 1 is 1.00 bits per heavy atom. The number of carbonyl (C=O) groups excluding carboxylic acids is 1. The number of hydrogen-bond acceptors (Lipinski definition) is 2. The van der Waals surface area contributed by atoms with Gasteiger partial charge < -0.3 is 4.74 Å². The van der Waals surface area contributed by atoms with Crippen LogP contribution in [0.3, 0.4) is 0 Å². The van der Waals surface area contributed by atoms with Gasteiger partial charge in [0.05, 0.1) is 0 Å². The monoisotopic (exact) mass is 440 g/mol. The number of ether oxygens (including phenoxy) is 1. The smallest absolute Gasteiger partial charge is 0.302 e. The SMILES string of the molecule is CC(=O)O[C@H]1CC[C@@]2(C)[C@H](CC=C3[C@@H]2CC[C@]2(C)[C@@H]([C@@H](C)C=C[C@H](C)C(C)C)CC[C@@H]32)C1. The van der Waals surface area contributed by atoms with E-state index in [4.69, 9.17) is 4.74 Å². The molecule has 32 heavy (non-hydrogen) atoms. The first kappa shape index (κ1) is 24.1. The lowest BCUT2D eigenvalue weighted by Gasteiger charge is -2.58. The number of carbonyl (C=O) groups is 1. The van der Waals surface area contributed by atoms with Crippen LogP contribution in [0.1, 0.15) is 99.8 Å². The molecular formula is C30H48O2. The number of fused-ring (bicyclic) bond motifs is 5. The molecule has 4 aliphatic rings. The Kier molecular flexibility index (Phi) is 6.74. The molecule has 0 amide bonds. The summed E-state index contributed by atoms with van der Waals surface area (Å²) in [5.74, 6) is 4.98. The van der Waals surface area contributed by atoms with E-state index in [9.17, 15) is 4.79 Å². The van der Waals surface area contributed by atoms with Gasteiger partial charge >= 0.3 is 5.97 Å². The highest BCUT2D eigenvalue weighted by Gasteiger charge is 2.58. The summed E-state index contributed by atoms with van der Waals surface area (Å²) < 4.78 is 5.64. The Balaban J connectivity index is 1.51. The molecule has 4 rings (SSSR count). The minimum absolute atomic E-state index is 0.109. The molecule has 3 saturated carbocycles. The van der Waals surface area contributed by atoms with Gasteiger partial charge in [0.2, 0.25) is 0 Å². The summed E-state index contributed by atoms with van der Waals surface area (Å²) in [6.07, 6.45) is 17.9. The molecule has 0 aromatic heterocycles. The van der Waals surface area contributed by atoms with Gasteiger partial charge in [-0.1, -0.05) is 65.3 Å². The molecule has 0 saturated heterocycles. The summed E-state index contributed by atoms with van der Waals surface area (Å²) in [5.41, 5.74) is 2.70. The summed E-state index contributed by atoms with van der Waals surface area (Å²) in [4.78, 5) is 11.5. The van der Waals surface area contributed by atoms with Gasteiger partial charge in [0.25, 0.3) is 0 Å². The van der Waals surface area contributed by atoms with Crippen molar-refractivity contribution in [1.29, 1.82) is 0 Å². The topological polar surface area (TPSA) is 26.3 Å². The Bertz CT molecular complexity index is 763. The van der Waals surface area contributed by atoms with Gasteiger partial charge in [-0.05, 0) is 104 Å². The molecule has 2 heteroatoms. The standard InChI is InChI=1S/C30H48O2/c1-19(2)20(3)8-9-21(4)26-12-13-27-25-11-10-23-18-24(32-22(5)31)14-16-29(23,6)28(25)15-17-30(26,27)7/h8-9,11,19-21,23-24,26-28H,10,12-18H2,1-7H3/t20-,21-,23+,24-,26+,27-,28-,29-,30+/m0/s1. The van der Waals surface area contributed by atoms with Crippen molar-refractivity contribution in [1.82, 2.24) is 0 Å². The lowest BCUT2D eigenvalue weighted by atomic mass is 9.47. The maximum absolute atomic E-state index is 11.5. The van der Waals surface area contributed by atoms with Crippen molar-refractivity contribution >= 4 is 5.97 Å². The van der Waals surface area contributed by atoms with E-state index < -0.39 is 0 Å². The molecule has 0 radical (unpaired) electrons.